The molecule has 1 fully saturated rings. The van der Waals surface area contributed by atoms with Gasteiger partial charge in [0.15, 0.2) is 10.6 Å². The van der Waals surface area contributed by atoms with Crippen LogP contribution in [0.5, 0.6) is 0 Å². The summed E-state index contributed by atoms with van der Waals surface area (Å²) in [5.41, 5.74) is 1.09. The number of piperazine rings is 1. The standard InChI is InChI=1S/C14H18FN5S2/c1-16-13-17-20(14(21)22-13)10-18-6-8-19(9-7-18)12-4-2-11(15)3-5-12/h2-5H,6-10H2,1H3,(H,16,17)/p+1. The summed E-state index contributed by atoms with van der Waals surface area (Å²) in [7, 11) is 1.85. The molecule has 5 nitrogen and oxygen atoms in total. The minimum atomic E-state index is -0.189. The summed E-state index contributed by atoms with van der Waals surface area (Å²) >= 11 is 6.84. The van der Waals surface area contributed by atoms with Crippen LogP contribution >= 0.6 is 23.6 Å². The van der Waals surface area contributed by atoms with E-state index in [4.69, 9.17) is 12.2 Å². The Labute approximate surface area is 138 Å². The molecular weight excluding hydrogens is 321 g/mol. The number of hydrogen-bond donors (Lipinski definition) is 2. The van der Waals surface area contributed by atoms with Crippen LogP contribution in [-0.2, 0) is 6.67 Å². The van der Waals surface area contributed by atoms with E-state index in [0.717, 1.165) is 47.6 Å². The number of halogens is 1. The summed E-state index contributed by atoms with van der Waals surface area (Å²) in [6, 6.07) is 6.72. The Kier molecular flexibility index (Phi) is 4.70. The number of anilines is 2. The maximum Gasteiger partial charge on any atom is 0.204 e. The van der Waals surface area contributed by atoms with Gasteiger partial charge < -0.3 is 15.1 Å². The van der Waals surface area contributed by atoms with Gasteiger partial charge in [-0.2, -0.15) is 4.68 Å². The third-order valence-electron chi connectivity index (χ3n) is 3.86. The Morgan fingerprint density at radius 1 is 1.32 bits per heavy atom. The van der Waals surface area contributed by atoms with Crippen molar-refractivity contribution in [1.29, 1.82) is 0 Å². The van der Waals surface area contributed by atoms with E-state index < -0.39 is 0 Å². The van der Waals surface area contributed by atoms with E-state index in [2.05, 4.69) is 15.3 Å². The highest BCUT2D eigenvalue weighted by molar-refractivity contribution is 7.73. The van der Waals surface area contributed by atoms with E-state index in [-0.39, 0.29) is 5.82 Å². The van der Waals surface area contributed by atoms with Crippen LogP contribution in [0.4, 0.5) is 15.2 Å². The number of benzene rings is 1. The molecule has 1 aliphatic heterocycles. The SMILES string of the molecule is CNc1nn(C[NH+]2CCN(c3ccc(F)cc3)CC2)c(=S)s1. The second-order valence-electron chi connectivity index (χ2n) is 5.29. The summed E-state index contributed by atoms with van der Waals surface area (Å²) in [4.78, 5) is 3.75. The second kappa shape index (κ2) is 6.72. The molecular formula is C14H19FN5S2+. The maximum atomic E-state index is 13.0. The van der Waals surface area contributed by atoms with Gasteiger partial charge in [0.1, 0.15) is 5.82 Å². The Bertz CT molecular complexity index is 673. The minimum Gasteiger partial charge on any atom is -0.363 e. The van der Waals surface area contributed by atoms with Crippen LogP contribution in [0.25, 0.3) is 0 Å². The molecule has 2 N–H and O–H groups in total. The van der Waals surface area contributed by atoms with Crippen molar-refractivity contribution in [3.05, 3.63) is 34.0 Å². The largest absolute Gasteiger partial charge is 0.363 e. The Morgan fingerprint density at radius 2 is 2.00 bits per heavy atom. The molecule has 0 unspecified atom stereocenters. The van der Waals surface area contributed by atoms with Gasteiger partial charge in [0.2, 0.25) is 5.13 Å². The molecule has 0 atom stereocenters. The summed E-state index contributed by atoms with van der Waals surface area (Å²) < 4.78 is 15.7. The summed E-state index contributed by atoms with van der Waals surface area (Å²) in [6.07, 6.45) is 0. The molecule has 0 radical (unpaired) electrons. The van der Waals surface area contributed by atoms with Crippen molar-refractivity contribution in [1.82, 2.24) is 9.78 Å². The van der Waals surface area contributed by atoms with E-state index in [9.17, 15) is 4.39 Å². The van der Waals surface area contributed by atoms with Crippen molar-refractivity contribution >= 4 is 34.4 Å². The first-order valence-electron chi connectivity index (χ1n) is 7.25. The van der Waals surface area contributed by atoms with Gasteiger partial charge in [-0.15, -0.1) is 5.10 Å². The summed E-state index contributed by atoms with van der Waals surface area (Å²) in [5, 5.41) is 8.34. The molecule has 0 aliphatic carbocycles. The highest BCUT2D eigenvalue weighted by Gasteiger charge is 2.21. The number of rotatable bonds is 4. The zero-order valence-corrected chi connectivity index (χ0v) is 14.0. The predicted octanol–water partition coefficient (Wildman–Crippen LogP) is 1.22. The van der Waals surface area contributed by atoms with Crippen molar-refractivity contribution < 1.29 is 9.29 Å². The lowest BCUT2D eigenvalue weighted by molar-refractivity contribution is -0.924. The molecule has 0 spiro atoms. The number of aromatic nitrogens is 2. The van der Waals surface area contributed by atoms with Gasteiger partial charge in [-0.05, 0) is 36.5 Å². The van der Waals surface area contributed by atoms with E-state index in [0.29, 0.717) is 0 Å². The monoisotopic (exact) mass is 340 g/mol. The molecule has 8 heteroatoms. The number of quaternary nitrogens is 1. The van der Waals surface area contributed by atoms with Crippen molar-refractivity contribution in [3.8, 4) is 0 Å². The molecule has 2 aromatic rings. The molecule has 22 heavy (non-hydrogen) atoms. The highest BCUT2D eigenvalue weighted by atomic mass is 32.1. The first-order chi connectivity index (χ1) is 10.7. The lowest BCUT2D eigenvalue weighted by Gasteiger charge is -2.33. The van der Waals surface area contributed by atoms with Gasteiger partial charge in [-0.1, -0.05) is 11.3 Å². The fraction of sp³-hybridized carbons (Fsp3) is 0.429. The van der Waals surface area contributed by atoms with E-state index >= 15 is 0 Å². The van der Waals surface area contributed by atoms with Crippen molar-refractivity contribution in [3.63, 3.8) is 0 Å². The lowest BCUT2D eigenvalue weighted by Crippen LogP contribution is -3.14. The van der Waals surface area contributed by atoms with Crippen LogP contribution in [0, 0.1) is 9.77 Å². The molecule has 1 aromatic carbocycles. The Hall–Kier alpha value is -1.51. The van der Waals surface area contributed by atoms with Gasteiger partial charge in [-0.25, -0.2) is 4.39 Å². The van der Waals surface area contributed by atoms with Gasteiger partial charge >= 0.3 is 0 Å². The molecule has 118 valence electrons. The third kappa shape index (κ3) is 3.45. The van der Waals surface area contributed by atoms with Gasteiger partial charge in [0.05, 0.1) is 26.2 Å². The fourth-order valence-electron chi connectivity index (χ4n) is 2.61. The Morgan fingerprint density at radius 3 is 2.59 bits per heavy atom. The number of hydrogen-bond acceptors (Lipinski definition) is 5. The molecule has 0 bridgehead atoms. The molecule has 1 aromatic heterocycles. The van der Waals surface area contributed by atoms with Gasteiger partial charge in [0.25, 0.3) is 0 Å². The van der Waals surface area contributed by atoms with Crippen molar-refractivity contribution in [2.45, 2.75) is 6.67 Å². The quantitative estimate of drug-likeness (QED) is 0.821. The summed E-state index contributed by atoms with van der Waals surface area (Å²) in [5.74, 6) is -0.189. The van der Waals surface area contributed by atoms with Gasteiger partial charge in [0, 0.05) is 12.7 Å². The predicted molar refractivity (Wildman–Crippen MR) is 89.8 cm³/mol. The van der Waals surface area contributed by atoms with Crippen LogP contribution in [0.3, 0.4) is 0 Å². The van der Waals surface area contributed by atoms with Crippen LogP contribution in [0.1, 0.15) is 0 Å². The lowest BCUT2D eigenvalue weighted by atomic mass is 10.2. The zero-order chi connectivity index (χ0) is 15.5. The normalized spacial score (nSPS) is 16.0. The van der Waals surface area contributed by atoms with Crippen LogP contribution in [0.15, 0.2) is 24.3 Å². The van der Waals surface area contributed by atoms with Crippen molar-refractivity contribution in [2.24, 2.45) is 0 Å². The Balaban J connectivity index is 1.58. The smallest absolute Gasteiger partial charge is 0.204 e. The van der Waals surface area contributed by atoms with Gasteiger partial charge in [-0.3, -0.25) is 0 Å². The zero-order valence-electron chi connectivity index (χ0n) is 12.4. The van der Waals surface area contributed by atoms with Crippen molar-refractivity contribution in [2.75, 3.05) is 43.4 Å². The molecule has 1 saturated heterocycles. The van der Waals surface area contributed by atoms with Crippen LogP contribution < -0.4 is 15.1 Å². The topological polar surface area (TPSA) is 37.5 Å². The minimum absolute atomic E-state index is 0.189. The molecule has 1 aliphatic rings. The van der Waals surface area contributed by atoms with Crippen LogP contribution in [0.2, 0.25) is 0 Å². The highest BCUT2D eigenvalue weighted by Crippen LogP contribution is 2.15. The first kappa shape index (κ1) is 15.4. The average molecular weight is 340 g/mol. The first-order valence-corrected chi connectivity index (χ1v) is 8.48. The maximum absolute atomic E-state index is 13.0. The number of nitrogens with zero attached hydrogens (tertiary/aromatic N) is 3. The van der Waals surface area contributed by atoms with E-state index in [1.165, 1.54) is 28.4 Å². The molecule has 0 saturated carbocycles. The molecule has 2 heterocycles. The number of nitrogens with one attached hydrogen (secondary N) is 2. The molecule has 0 amide bonds. The molecule has 3 rings (SSSR count). The average Bonchev–Trinajstić information content (AvgIpc) is 2.89. The fourth-order valence-corrected chi connectivity index (χ4v) is 3.57. The van der Waals surface area contributed by atoms with Crippen LogP contribution in [-0.4, -0.2) is 43.0 Å². The summed E-state index contributed by atoms with van der Waals surface area (Å²) in [6.45, 7) is 4.75. The second-order valence-corrected chi connectivity index (χ2v) is 6.92. The van der Waals surface area contributed by atoms with E-state index in [1.54, 1.807) is 0 Å². The van der Waals surface area contributed by atoms with E-state index in [1.807, 2.05) is 23.9 Å². The third-order valence-corrected chi connectivity index (χ3v) is 5.18.